The molecule has 0 fully saturated rings. The van der Waals surface area contributed by atoms with Crippen LogP contribution in [0.15, 0.2) is 18.2 Å². The van der Waals surface area contributed by atoms with E-state index in [2.05, 4.69) is 17.2 Å². The lowest BCUT2D eigenvalue weighted by Crippen LogP contribution is -2.04. The lowest BCUT2D eigenvalue weighted by molar-refractivity contribution is -0.115. The molecular weight excluding hydrogens is 176 g/mol. The molecule has 0 saturated carbocycles. The topological polar surface area (TPSA) is 52.9 Å². The van der Waals surface area contributed by atoms with Crippen molar-refractivity contribution in [3.8, 4) is 17.9 Å². The Kier molecular flexibility index (Phi) is 1.93. The van der Waals surface area contributed by atoms with Gasteiger partial charge in [-0.25, -0.2) is 0 Å². The minimum absolute atomic E-state index is 0.0220. The Balaban J connectivity index is 2.51. The first-order valence-corrected chi connectivity index (χ1v) is 4.13. The average Bonchev–Trinajstić information content (AvgIpc) is 2.55. The molecule has 14 heavy (non-hydrogen) atoms. The van der Waals surface area contributed by atoms with Gasteiger partial charge in [0.25, 0.3) is 0 Å². The Morgan fingerprint density at radius 3 is 3.07 bits per heavy atom. The molecule has 1 N–H and O–H groups in total. The van der Waals surface area contributed by atoms with Crippen LogP contribution in [-0.4, -0.2) is 5.91 Å². The number of carbonyl (C=O) groups excluding carboxylic acids is 1. The molecule has 0 radical (unpaired) electrons. The smallest absolute Gasteiger partial charge is 0.228 e. The van der Waals surface area contributed by atoms with Gasteiger partial charge in [0.15, 0.2) is 6.07 Å². The van der Waals surface area contributed by atoms with E-state index in [0.717, 1.165) is 11.3 Å². The fourth-order valence-electron chi connectivity index (χ4n) is 1.45. The summed E-state index contributed by atoms with van der Waals surface area (Å²) in [7, 11) is 0. The van der Waals surface area contributed by atoms with Crippen molar-refractivity contribution in [1.29, 1.82) is 5.26 Å². The second-order valence-electron chi connectivity index (χ2n) is 2.93. The monoisotopic (exact) mass is 182 g/mol. The Morgan fingerprint density at radius 1 is 1.43 bits per heavy atom. The quantitative estimate of drug-likeness (QED) is 0.610. The maximum atomic E-state index is 11.1. The first-order chi connectivity index (χ1) is 6.81. The molecule has 0 spiro atoms. The van der Waals surface area contributed by atoms with Crippen LogP contribution in [0.5, 0.6) is 0 Å². The number of carbonyl (C=O) groups is 1. The summed E-state index contributed by atoms with van der Waals surface area (Å²) < 4.78 is 0. The van der Waals surface area contributed by atoms with Gasteiger partial charge in [-0.05, 0) is 17.6 Å². The zero-order valence-electron chi connectivity index (χ0n) is 7.29. The summed E-state index contributed by atoms with van der Waals surface area (Å²) in [4.78, 5) is 11.1. The highest BCUT2D eigenvalue weighted by Gasteiger charge is 2.19. The number of para-hydroxylation sites is 1. The predicted octanol–water partition coefficient (Wildman–Crippen LogP) is 1.06. The Morgan fingerprint density at radius 2 is 2.29 bits per heavy atom. The van der Waals surface area contributed by atoms with Crippen LogP contribution < -0.4 is 5.32 Å². The van der Waals surface area contributed by atoms with Crippen LogP contribution >= 0.6 is 0 Å². The van der Waals surface area contributed by atoms with E-state index in [9.17, 15) is 4.79 Å². The van der Waals surface area contributed by atoms with E-state index < -0.39 is 0 Å². The first-order valence-electron chi connectivity index (χ1n) is 4.13. The van der Waals surface area contributed by atoms with E-state index in [1.54, 1.807) is 12.1 Å². The van der Waals surface area contributed by atoms with Gasteiger partial charge in [0.1, 0.15) is 0 Å². The fourth-order valence-corrected chi connectivity index (χ4v) is 1.45. The van der Waals surface area contributed by atoms with Crippen molar-refractivity contribution in [2.45, 2.75) is 6.42 Å². The van der Waals surface area contributed by atoms with Crippen LogP contribution in [0.25, 0.3) is 0 Å². The molecular formula is C11H6N2O. The van der Waals surface area contributed by atoms with E-state index in [4.69, 9.17) is 5.26 Å². The molecule has 1 aromatic carbocycles. The number of nitrogens with one attached hydrogen (secondary N) is 1. The molecule has 0 bridgehead atoms. The Labute approximate surface area is 81.4 Å². The lowest BCUT2D eigenvalue weighted by Gasteiger charge is -1.99. The molecule has 1 aliphatic rings. The SMILES string of the molecule is N#CC#Cc1cccc2c1NC(=O)C2. The zero-order chi connectivity index (χ0) is 9.97. The lowest BCUT2D eigenvalue weighted by atomic mass is 10.1. The van der Waals surface area contributed by atoms with E-state index in [-0.39, 0.29) is 5.91 Å². The van der Waals surface area contributed by atoms with Crippen LogP contribution in [0.1, 0.15) is 11.1 Å². The van der Waals surface area contributed by atoms with Crippen molar-refractivity contribution in [1.82, 2.24) is 0 Å². The summed E-state index contributed by atoms with van der Waals surface area (Å²) in [6.45, 7) is 0. The molecule has 0 aromatic heterocycles. The van der Waals surface area contributed by atoms with Gasteiger partial charge in [-0.2, -0.15) is 5.26 Å². The van der Waals surface area contributed by atoms with Crippen molar-refractivity contribution in [2.75, 3.05) is 5.32 Å². The number of fused-ring (bicyclic) bond motifs is 1. The summed E-state index contributed by atoms with van der Waals surface area (Å²) in [5.74, 6) is 4.98. The standard InChI is InChI=1S/C11H6N2O/c12-6-2-5-8-3-1-4-9-7-10(14)13-11(8)9/h1,3-4H,7H2,(H,13,14). The van der Waals surface area contributed by atoms with Crippen molar-refractivity contribution in [3.05, 3.63) is 29.3 Å². The summed E-state index contributed by atoms with van der Waals surface area (Å²) in [5.41, 5.74) is 2.40. The predicted molar refractivity (Wildman–Crippen MR) is 51.3 cm³/mol. The number of hydrogen-bond acceptors (Lipinski definition) is 2. The summed E-state index contributed by atoms with van der Waals surface area (Å²) in [5, 5.41) is 11.0. The molecule has 1 aliphatic heterocycles. The number of nitrogens with zero attached hydrogens (tertiary/aromatic N) is 1. The number of rotatable bonds is 0. The maximum absolute atomic E-state index is 11.1. The molecule has 0 aliphatic carbocycles. The van der Waals surface area contributed by atoms with Crippen molar-refractivity contribution in [3.63, 3.8) is 0 Å². The zero-order valence-corrected chi connectivity index (χ0v) is 7.29. The second kappa shape index (κ2) is 3.24. The molecule has 1 aromatic rings. The number of anilines is 1. The van der Waals surface area contributed by atoms with E-state index in [1.165, 1.54) is 0 Å². The fraction of sp³-hybridized carbons (Fsp3) is 0.0909. The third kappa shape index (κ3) is 1.32. The molecule has 2 rings (SSSR count). The average molecular weight is 182 g/mol. The van der Waals surface area contributed by atoms with Gasteiger partial charge in [0.2, 0.25) is 5.91 Å². The molecule has 1 amide bonds. The summed E-state index contributed by atoms with van der Waals surface area (Å²) in [6.07, 6.45) is 0.400. The minimum atomic E-state index is -0.0220. The van der Waals surface area contributed by atoms with Gasteiger partial charge >= 0.3 is 0 Å². The molecule has 66 valence electrons. The Bertz CT molecular complexity index is 500. The highest BCUT2D eigenvalue weighted by molar-refractivity contribution is 6.00. The highest BCUT2D eigenvalue weighted by Crippen LogP contribution is 2.26. The van der Waals surface area contributed by atoms with Crippen LogP contribution in [-0.2, 0) is 11.2 Å². The summed E-state index contributed by atoms with van der Waals surface area (Å²) in [6, 6.07) is 7.24. The molecule has 0 atom stereocenters. The third-order valence-corrected chi connectivity index (χ3v) is 2.02. The van der Waals surface area contributed by atoms with Gasteiger partial charge in [0, 0.05) is 11.5 Å². The largest absolute Gasteiger partial charge is 0.324 e. The van der Waals surface area contributed by atoms with Crippen molar-refractivity contribution < 1.29 is 4.79 Å². The molecule has 0 saturated heterocycles. The minimum Gasteiger partial charge on any atom is -0.324 e. The second-order valence-corrected chi connectivity index (χ2v) is 2.93. The number of benzene rings is 1. The molecule has 3 nitrogen and oxygen atoms in total. The van der Waals surface area contributed by atoms with Gasteiger partial charge in [-0.3, -0.25) is 4.79 Å². The first kappa shape index (κ1) is 8.34. The van der Waals surface area contributed by atoms with E-state index >= 15 is 0 Å². The third-order valence-electron chi connectivity index (χ3n) is 2.02. The number of amides is 1. The van der Waals surface area contributed by atoms with E-state index in [0.29, 0.717) is 12.0 Å². The van der Waals surface area contributed by atoms with E-state index in [1.807, 2.05) is 12.1 Å². The van der Waals surface area contributed by atoms with Gasteiger partial charge in [0.05, 0.1) is 12.1 Å². The maximum Gasteiger partial charge on any atom is 0.228 e. The van der Waals surface area contributed by atoms with Crippen LogP contribution in [0.3, 0.4) is 0 Å². The van der Waals surface area contributed by atoms with Gasteiger partial charge < -0.3 is 5.32 Å². The molecule has 0 unspecified atom stereocenters. The Hall–Kier alpha value is -2.26. The number of nitriles is 1. The number of hydrogen-bond donors (Lipinski definition) is 1. The summed E-state index contributed by atoms with van der Waals surface area (Å²) >= 11 is 0. The molecule has 1 heterocycles. The van der Waals surface area contributed by atoms with Crippen LogP contribution in [0, 0.1) is 23.2 Å². The normalized spacial score (nSPS) is 12.1. The van der Waals surface area contributed by atoms with Crippen molar-refractivity contribution in [2.24, 2.45) is 0 Å². The van der Waals surface area contributed by atoms with Crippen molar-refractivity contribution >= 4 is 11.6 Å². The highest BCUT2D eigenvalue weighted by atomic mass is 16.1. The van der Waals surface area contributed by atoms with Crippen LogP contribution in [0.4, 0.5) is 5.69 Å². The van der Waals surface area contributed by atoms with Gasteiger partial charge in [-0.1, -0.05) is 12.1 Å². The van der Waals surface area contributed by atoms with Gasteiger partial charge in [-0.15, -0.1) is 0 Å². The van der Waals surface area contributed by atoms with Crippen LogP contribution in [0.2, 0.25) is 0 Å². The molecule has 3 heteroatoms.